The monoisotopic (exact) mass is 285 g/mol. The van der Waals surface area contributed by atoms with Gasteiger partial charge in [-0.2, -0.15) is 0 Å². The molecule has 1 aliphatic rings. The van der Waals surface area contributed by atoms with E-state index in [9.17, 15) is 0 Å². The van der Waals surface area contributed by atoms with Crippen molar-refractivity contribution >= 4 is 11.3 Å². The second kappa shape index (κ2) is 6.11. The zero-order valence-corrected chi connectivity index (χ0v) is 13.1. The predicted octanol–water partition coefficient (Wildman–Crippen LogP) is 5.11. The van der Waals surface area contributed by atoms with E-state index in [1.165, 1.54) is 28.2 Å². The van der Waals surface area contributed by atoms with Crippen molar-refractivity contribution in [2.45, 2.75) is 45.2 Å². The summed E-state index contributed by atoms with van der Waals surface area (Å²) in [5.41, 5.74) is 1.44. The van der Waals surface area contributed by atoms with Gasteiger partial charge in [-0.3, -0.25) is 0 Å². The summed E-state index contributed by atoms with van der Waals surface area (Å²) < 4.78 is 0. The van der Waals surface area contributed by atoms with E-state index < -0.39 is 0 Å². The summed E-state index contributed by atoms with van der Waals surface area (Å²) in [6.07, 6.45) is 3.87. The molecule has 2 heteroatoms. The summed E-state index contributed by atoms with van der Waals surface area (Å²) >= 11 is 1.95. The van der Waals surface area contributed by atoms with E-state index in [1.807, 2.05) is 11.3 Å². The highest BCUT2D eigenvalue weighted by Crippen LogP contribution is 2.42. The first-order valence-electron chi connectivity index (χ1n) is 7.67. The fraction of sp³-hybridized carbons (Fsp3) is 0.444. The average Bonchev–Trinajstić information content (AvgIpc) is 3.21. The molecule has 0 radical (unpaired) electrons. The Labute approximate surface area is 126 Å². The quantitative estimate of drug-likeness (QED) is 0.777. The van der Waals surface area contributed by atoms with Crippen molar-refractivity contribution in [3.05, 3.63) is 57.8 Å². The molecule has 1 nitrogen and oxygen atoms in total. The third-order valence-corrected chi connectivity index (χ3v) is 5.55. The van der Waals surface area contributed by atoms with Gasteiger partial charge in [0.2, 0.25) is 0 Å². The molecule has 106 valence electrons. The van der Waals surface area contributed by atoms with Gasteiger partial charge >= 0.3 is 0 Å². The summed E-state index contributed by atoms with van der Waals surface area (Å²) in [5, 5.41) is 3.86. The van der Waals surface area contributed by atoms with Crippen LogP contribution in [0, 0.1) is 5.92 Å². The molecule has 2 atom stereocenters. The van der Waals surface area contributed by atoms with Gasteiger partial charge in [-0.25, -0.2) is 0 Å². The molecule has 1 aliphatic carbocycles. The van der Waals surface area contributed by atoms with Crippen LogP contribution in [0.2, 0.25) is 0 Å². The molecule has 1 aromatic heterocycles. The van der Waals surface area contributed by atoms with Gasteiger partial charge in [0, 0.05) is 21.8 Å². The summed E-state index contributed by atoms with van der Waals surface area (Å²) in [4.78, 5) is 2.94. The van der Waals surface area contributed by atoms with Crippen molar-refractivity contribution in [2.24, 2.45) is 5.92 Å². The molecule has 1 fully saturated rings. The molecule has 2 aromatic rings. The molecule has 20 heavy (non-hydrogen) atoms. The minimum atomic E-state index is 0.436. The van der Waals surface area contributed by atoms with Gasteiger partial charge in [0.15, 0.2) is 0 Å². The lowest BCUT2D eigenvalue weighted by molar-refractivity contribution is 0.431. The molecule has 0 aliphatic heterocycles. The topological polar surface area (TPSA) is 12.0 Å². The van der Waals surface area contributed by atoms with Crippen molar-refractivity contribution in [1.82, 2.24) is 5.32 Å². The second-order valence-corrected chi connectivity index (χ2v) is 6.97. The van der Waals surface area contributed by atoms with Crippen molar-refractivity contribution in [3.63, 3.8) is 0 Å². The largest absolute Gasteiger partial charge is 0.302 e. The third-order valence-electron chi connectivity index (χ3n) is 4.14. The Kier molecular flexibility index (Phi) is 4.23. The average molecular weight is 285 g/mol. The molecule has 1 heterocycles. The predicted molar refractivity (Wildman–Crippen MR) is 87.2 cm³/mol. The van der Waals surface area contributed by atoms with Gasteiger partial charge in [-0.15, -0.1) is 11.3 Å². The van der Waals surface area contributed by atoms with Crippen molar-refractivity contribution in [2.75, 3.05) is 0 Å². The van der Waals surface area contributed by atoms with E-state index in [0.717, 1.165) is 12.3 Å². The number of hydrogen-bond acceptors (Lipinski definition) is 2. The van der Waals surface area contributed by atoms with Crippen LogP contribution in [0.15, 0.2) is 42.5 Å². The molecule has 3 rings (SSSR count). The maximum atomic E-state index is 3.86. The Bertz CT molecular complexity index is 542. The molecule has 1 aromatic carbocycles. The summed E-state index contributed by atoms with van der Waals surface area (Å²) in [5.74, 6) is 0.824. The lowest BCUT2D eigenvalue weighted by Gasteiger charge is -2.23. The van der Waals surface area contributed by atoms with Gasteiger partial charge in [0.1, 0.15) is 0 Å². The first kappa shape index (κ1) is 13.8. The first-order chi connectivity index (χ1) is 9.78. The van der Waals surface area contributed by atoms with E-state index in [4.69, 9.17) is 0 Å². The van der Waals surface area contributed by atoms with Crippen LogP contribution >= 0.6 is 11.3 Å². The number of hydrogen-bond donors (Lipinski definition) is 1. The number of benzene rings is 1. The van der Waals surface area contributed by atoms with Crippen molar-refractivity contribution in [3.8, 4) is 0 Å². The minimum absolute atomic E-state index is 0.436. The van der Waals surface area contributed by atoms with Crippen LogP contribution < -0.4 is 5.32 Å². The molecule has 1 saturated carbocycles. The molecule has 0 bridgehead atoms. The maximum Gasteiger partial charge on any atom is 0.0391 e. The molecule has 0 saturated heterocycles. The Hall–Kier alpha value is -1.12. The highest BCUT2D eigenvalue weighted by atomic mass is 32.1. The SMILES string of the molecule is CCc1ccc(C(C)NC(c2ccccc2)C2CC2)s1. The Morgan fingerprint density at radius 3 is 2.50 bits per heavy atom. The van der Waals surface area contributed by atoms with Crippen LogP contribution in [0.3, 0.4) is 0 Å². The first-order valence-corrected chi connectivity index (χ1v) is 8.49. The van der Waals surface area contributed by atoms with Crippen LogP contribution in [0.1, 0.15) is 54.1 Å². The zero-order chi connectivity index (χ0) is 13.9. The lowest BCUT2D eigenvalue weighted by atomic mass is 10.0. The van der Waals surface area contributed by atoms with Gasteiger partial charge in [-0.05, 0) is 49.8 Å². The molecule has 2 unspecified atom stereocenters. The van der Waals surface area contributed by atoms with Gasteiger partial charge < -0.3 is 5.32 Å². The van der Waals surface area contributed by atoms with Crippen LogP contribution in [-0.4, -0.2) is 0 Å². The normalized spacial score (nSPS) is 17.9. The van der Waals surface area contributed by atoms with E-state index in [0.29, 0.717) is 12.1 Å². The Morgan fingerprint density at radius 2 is 1.90 bits per heavy atom. The number of rotatable bonds is 6. The molecular formula is C18H23NS. The van der Waals surface area contributed by atoms with Crippen LogP contribution in [-0.2, 0) is 6.42 Å². The molecule has 1 N–H and O–H groups in total. The Balaban J connectivity index is 1.73. The molecule has 0 spiro atoms. The van der Waals surface area contributed by atoms with E-state index in [2.05, 4.69) is 61.6 Å². The summed E-state index contributed by atoms with van der Waals surface area (Å²) in [7, 11) is 0. The van der Waals surface area contributed by atoms with Gasteiger partial charge in [-0.1, -0.05) is 37.3 Å². The van der Waals surface area contributed by atoms with Gasteiger partial charge in [0.05, 0.1) is 0 Å². The lowest BCUT2D eigenvalue weighted by Crippen LogP contribution is -2.25. The minimum Gasteiger partial charge on any atom is -0.302 e. The number of nitrogens with one attached hydrogen (secondary N) is 1. The third kappa shape index (κ3) is 3.13. The highest BCUT2D eigenvalue weighted by Gasteiger charge is 2.33. The fourth-order valence-electron chi connectivity index (χ4n) is 2.76. The maximum absolute atomic E-state index is 3.86. The van der Waals surface area contributed by atoms with Crippen LogP contribution in [0.5, 0.6) is 0 Å². The number of thiophene rings is 1. The van der Waals surface area contributed by atoms with Crippen LogP contribution in [0.4, 0.5) is 0 Å². The molecule has 0 amide bonds. The second-order valence-electron chi connectivity index (χ2n) is 5.77. The molecular weight excluding hydrogens is 262 g/mol. The van der Waals surface area contributed by atoms with E-state index in [-0.39, 0.29) is 0 Å². The highest BCUT2D eigenvalue weighted by molar-refractivity contribution is 7.12. The zero-order valence-electron chi connectivity index (χ0n) is 12.3. The summed E-state index contributed by atoms with van der Waals surface area (Å²) in [6.45, 7) is 4.52. The van der Waals surface area contributed by atoms with Crippen molar-refractivity contribution < 1.29 is 0 Å². The van der Waals surface area contributed by atoms with E-state index in [1.54, 1.807) is 0 Å². The fourth-order valence-corrected chi connectivity index (χ4v) is 3.73. The van der Waals surface area contributed by atoms with Crippen molar-refractivity contribution in [1.29, 1.82) is 0 Å². The Morgan fingerprint density at radius 1 is 1.15 bits per heavy atom. The standard InChI is InChI=1S/C18H23NS/c1-3-16-11-12-17(20-16)13(2)19-18(15-9-10-15)14-7-5-4-6-8-14/h4-8,11-13,15,18-19H,3,9-10H2,1-2H3. The van der Waals surface area contributed by atoms with Crippen LogP contribution in [0.25, 0.3) is 0 Å². The number of aryl methyl sites for hydroxylation is 1. The van der Waals surface area contributed by atoms with Gasteiger partial charge in [0.25, 0.3) is 0 Å². The van der Waals surface area contributed by atoms with E-state index >= 15 is 0 Å². The summed E-state index contributed by atoms with van der Waals surface area (Å²) in [6, 6.07) is 16.4. The smallest absolute Gasteiger partial charge is 0.0391 e.